The third-order valence-electron chi connectivity index (χ3n) is 3.27. The molecule has 2 aromatic heterocycles. The number of ether oxygens (including phenoxy) is 2. The number of carbonyl (C=O) groups excluding carboxylic acids is 1. The number of hydrogen-bond donors (Lipinski definition) is 1. The lowest BCUT2D eigenvalue weighted by atomic mass is 10.2. The maximum absolute atomic E-state index is 11.4. The van der Waals surface area contributed by atoms with Crippen LogP contribution in [-0.2, 0) is 10.5 Å². The molecule has 0 bridgehead atoms. The monoisotopic (exact) mass is 379 g/mol. The summed E-state index contributed by atoms with van der Waals surface area (Å²) in [7, 11) is 2.88. The summed E-state index contributed by atoms with van der Waals surface area (Å²) in [5, 5.41) is 8.14. The second-order valence-corrected chi connectivity index (χ2v) is 6.24. The van der Waals surface area contributed by atoms with Crippen molar-refractivity contribution in [3.05, 3.63) is 46.9 Å². The molecule has 3 aromatic rings. The lowest BCUT2D eigenvalue weighted by Gasteiger charge is -2.05. The molecule has 7 nitrogen and oxygen atoms in total. The van der Waals surface area contributed by atoms with Crippen LogP contribution in [0.15, 0.2) is 39.9 Å². The summed E-state index contributed by atoms with van der Waals surface area (Å²) >= 11 is 7.40. The highest BCUT2D eigenvalue weighted by Gasteiger charge is 2.14. The molecule has 0 aliphatic heterocycles. The third-order valence-corrected chi connectivity index (χ3v) is 4.38. The van der Waals surface area contributed by atoms with Gasteiger partial charge >= 0.3 is 5.97 Å². The van der Waals surface area contributed by atoms with Crippen LogP contribution in [0.2, 0.25) is 5.02 Å². The summed E-state index contributed by atoms with van der Waals surface area (Å²) in [5.41, 5.74) is 0.723. The van der Waals surface area contributed by atoms with Gasteiger partial charge < -0.3 is 13.9 Å². The molecule has 2 heterocycles. The van der Waals surface area contributed by atoms with Crippen LogP contribution in [0.4, 0.5) is 0 Å². The fraction of sp³-hybridized carbons (Fsp3) is 0.188. The van der Waals surface area contributed by atoms with Gasteiger partial charge in [-0.05, 0) is 30.3 Å². The molecule has 0 saturated carbocycles. The summed E-state index contributed by atoms with van der Waals surface area (Å²) in [6.07, 6.45) is 0. The van der Waals surface area contributed by atoms with E-state index < -0.39 is 5.97 Å². The largest absolute Gasteiger partial charge is 0.496 e. The number of nitrogens with zero attached hydrogens (tertiary/aromatic N) is 2. The van der Waals surface area contributed by atoms with Gasteiger partial charge in [-0.1, -0.05) is 23.4 Å². The van der Waals surface area contributed by atoms with E-state index in [0.29, 0.717) is 33.3 Å². The van der Waals surface area contributed by atoms with E-state index in [1.807, 2.05) is 0 Å². The number of aromatic amines is 1. The molecule has 3 rings (SSSR count). The number of benzene rings is 1. The van der Waals surface area contributed by atoms with E-state index in [1.165, 1.54) is 18.9 Å². The van der Waals surface area contributed by atoms with Crippen LogP contribution in [0, 0.1) is 0 Å². The van der Waals surface area contributed by atoms with Gasteiger partial charge in [0.25, 0.3) is 0 Å². The average Bonchev–Trinajstić information content (AvgIpc) is 3.28. The molecule has 0 fully saturated rings. The summed E-state index contributed by atoms with van der Waals surface area (Å²) in [6.45, 7) is 0. The Kier molecular flexibility index (Phi) is 5.30. The average molecular weight is 380 g/mol. The molecule has 0 unspecified atom stereocenters. The quantitative estimate of drug-likeness (QED) is 0.514. The number of rotatable bonds is 6. The number of halogens is 1. The lowest BCUT2D eigenvalue weighted by Crippen LogP contribution is -1.98. The molecule has 0 aliphatic carbocycles. The first-order chi connectivity index (χ1) is 12.1. The third kappa shape index (κ3) is 3.97. The van der Waals surface area contributed by atoms with Crippen molar-refractivity contribution < 1.29 is 18.7 Å². The number of thioether (sulfide) groups is 1. The number of aromatic nitrogens is 3. The highest BCUT2D eigenvalue weighted by Crippen LogP contribution is 2.31. The zero-order chi connectivity index (χ0) is 17.8. The summed E-state index contributed by atoms with van der Waals surface area (Å²) < 4.78 is 15.3. The van der Waals surface area contributed by atoms with Crippen molar-refractivity contribution in [1.82, 2.24) is 15.2 Å². The first-order valence-corrected chi connectivity index (χ1v) is 8.53. The molecule has 0 radical (unpaired) electrons. The number of hydrogen-bond acceptors (Lipinski definition) is 7. The van der Waals surface area contributed by atoms with Gasteiger partial charge in [0.15, 0.2) is 5.82 Å². The van der Waals surface area contributed by atoms with E-state index in [1.54, 1.807) is 37.4 Å². The van der Waals surface area contributed by atoms with Crippen LogP contribution >= 0.6 is 23.4 Å². The van der Waals surface area contributed by atoms with Crippen LogP contribution < -0.4 is 4.74 Å². The number of esters is 1. The Labute approximate surface area is 152 Å². The number of methoxy groups -OCH3 is 2. The fourth-order valence-corrected chi connectivity index (χ4v) is 2.96. The first-order valence-electron chi connectivity index (χ1n) is 7.17. The standard InChI is InChI=1S/C16H14ClN3O4S/c1-22-12-5-3-9(17)7-11(12)14-18-16(20-19-14)25-8-10-4-6-13(24-10)15(21)23-2/h3-7H,8H2,1-2H3,(H,18,19,20). The van der Waals surface area contributed by atoms with Crippen LogP contribution in [-0.4, -0.2) is 35.4 Å². The summed E-state index contributed by atoms with van der Waals surface area (Å²) in [4.78, 5) is 15.8. The van der Waals surface area contributed by atoms with Gasteiger partial charge in [0.05, 0.1) is 25.5 Å². The molecule has 130 valence electrons. The number of carbonyl (C=O) groups is 1. The Morgan fingerprint density at radius 1 is 1.32 bits per heavy atom. The predicted molar refractivity (Wildman–Crippen MR) is 93.0 cm³/mol. The van der Waals surface area contributed by atoms with Gasteiger partial charge in [-0.3, -0.25) is 5.10 Å². The summed E-state index contributed by atoms with van der Waals surface area (Å²) in [5.74, 6) is 1.95. The van der Waals surface area contributed by atoms with Crippen LogP contribution in [0.5, 0.6) is 5.75 Å². The highest BCUT2D eigenvalue weighted by atomic mass is 35.5. The maximum Gasteiger partial charge on any atom is 0.373 e. The van der Waals surface area contributed by atoms with E-state index in [0.717, 1.165) is 5.56 Å². The Balaban J connectivity index is 1.71. The van der Waals surface area contributed by atoms with Gasteiger partial charge in [0.2, 0.25) is 10.9 Å². The van der Waals surface area contributed by atoms with Crippen molar-refractivity contribution in [2.24, 2.45) is 0 Å². The van der Waals surface area contributed by atoms with Crippen molar-refractivity contribution in [3.8, 4) is 17.1 Å². The van der Waals surface area contributed by atoms with Gasteiger partial charge in [0.1, 0.15) is 11.5 Å². The molecule has 9 heteroatoms. The van der Waals surface area contributed by atoms with Crippen LogP contribution in [0.1, 0.15) is 16.3 Å². The molecular formula is C16H14ClN3O4S. The van der Waals surface area contributed by atoms with E-state index in [2.05, 4.69) is 19.9 Å². The van der Waals surface area contributed by atoms with Crippen molar-refractivity contribution in [3.63, 3.8) is 0 Å². The van der Waals surface area contributed by atoms with Crippen molar-refractivity contribution in [2.75, 3.05) is 14.2 Å². The minimum Gasteiger partial charge on any atom is -0.496 e. The molecule has 0 amide bonds. The molecule has 0 atom stereocenters. The Hall–Kier alpha value is -2.45. The Morgan fingerprint density at radius 2 is 2.16 bits per heavy atom. The molecule has 0 aliphatic rings. The molecule has 25 heavy (non-hydrogen) atoms. The smallest absolute Gasteiger partial charge is 0.373 e. The Bertz CT molecular complexity index is 893. The van der Waals surface area contributed by atoms with E-state index in [9.17, 15) is 4.79 Å². The number of nitrogens with one attached hydrogen (secondary N) is 1. The van der Waals surface area contributed by atoms with Crippen molar-refractivity contribution in [2.45, 2.75) is 10.9 Å². The molecule has 1 aromatic carbocycles. The topological polar surface area (TPSA) is 90.2 Å². The predicted octanol–water partition coefficient (Wildman–Crippen LogP) is 3.81. The highest BCUT2D eigenvalue weighted by molar-refractivity contribution is 7.98. The summed E-state index contributed by atoms with van der Waals surface area (Å²) in [6, 6.07) is 8.55. The fourth-order valence-electron chi connectivity index (χ4n) is 2.10. The van der Waals surface area contributed by atoms with Gasteiger partial charge in [-0.15, -0.1) is 5.10 Å². The van der Waals surface area contributed by atoms with E-state index >= 15 is 0 Å². The lowest BCUT2D eigenvalue weighted by molar-refractivity contribution is 0.0563. The normalized spacial score (nSPS) is 10.7. The second-order valence-electron chi connectivity index (χ2n) is 4.86. The second kappa shape index (κ2) is 7.62. The molecule has 1 N–H and O–H groups in total. The van der Waals surface area contributed by atoms with E-state index in [-0.39, 0.29) is 5.76 Å². The van der Waals surface area contributed by atoms with Crippen LogP contribution in [0.3, 0.4) is 0 Å². The zero-order valence-electron chi connectivity index (χ0n) is 13.4. The number of H-pyrrole nitrogens is 1. The minimum absolute atomic E-state index is 0.164. The zero-order valence-corrected chi connectivity index (χ0v) is 15.0. The Morgan fingerprint density at radius 3 is 2.92 bits per heavy atom. The van der Waals surface area contributed by atoms with E-state index in [4.69, 9.17) is 20.8 Å². The van der Waals surface area contributed by atoms with Crippen LogP contribution in [0.25, 0.3) is 11.4 Å². The van der Waals surface area contributed by atoms with Gasteiger partial charge in [-0.25, -0.2) is 9.78 Å². The molecule has 0 spiro atoms. The number of furan rings is 1. The minimum atomic E-state index is -0.510. The van der Waals surface area contributed by atoms with Crippen molar-refractivity contribution in [1.29, 1.82) is 0 Å². The molecular weight excluding hydrogens is 366 g/mol. The first kappa shape index (κ1) is 17.4. The van der Waals surface area contributed by atoms with Gasteiger partial charge in [0, 0.05) is 5.02 Å². The SMILES string of the molecule is COC(=O)c1ccc(CSc2n[nH]c(-c3cc(Cl)ccc3OC)n2)o1. The van der Waals surface area contributed by atoms with Crippen molar-refractivity contribution >= 4 is 29.3 Å². The van der Waals surface area contributed by atoms with Gasteiger partial charge in [-0.2, -0.15) is 0 Å². The maximum atomic E-state index is 11.4. The molecule has 0 saturated heterocycles.